The van der Waals surface area contributed by atoms with Crippen LogP contribution in [0, 0.1) is 5.92 Å². The van der Waals surface area contributed by atoms with Gasteiger partial charge < -0.3 is 14.5 Å². The molecule has 2 aromatic heterocycles. The number of ether oxygens (including phenoxy) is 1. The van der Waals surface area contributed by atoms with Gasteiger partial charge in [0.2, 0.25) is 0 Å². The van der Waals surface area contributed by atoms with Crippen molar-refractivity contribution in [2.75, 3.05) is 6.61 Å². The predicted molar refractivity (Wildman–Crippen MR) is 91.7 cm³/mol. The molecule has 1 saturated heterocycles. The molecule has 5 nitrogen and oxygen atoms in total. The summed E-state index contributed by atoms with van der Waals surface area (Å²) in [6.45, 7) is 6.85. The van der Waals surface area contributed by atoms with Crippen LogP contribution in [0.2, 0.25) is 0 Å². The van der Waals surface area contributed by atoms with E-state index in [4.69, 9.17) is 9.15 Å². The highest BCUT2D eigenvalue weighted by molar-refractivity contribution is 5.18. The van der Waals surface area contributed by atoms with Gasteiger partial charge in [-0.3, -0.25) is 4.68 Å². The third kappa shape index (κ3) is 3.28. The van der Waals surface area contributed by atoms with Crippen molar-refractivity contribution in [3.05, 3.63) is 41.6 Å². The Bertz CT molecular complexity index is 678. The fourth-order valence-corrected chi connectivity index (χ4v) is 3.66. The molecule has 5 heteroatoms. The van der Waals surface area contributed by atoms with E-state index in [1.807, 2.05) is 10.9 Å². The zero-order valence-electron chi connectivity index (χ0n) is 14.6. The summed E-state index contributed by atoms with van der Waals surface area (Å²) in [6, 6.07) is 4.56. The minimum absolute atomic E-state index is 0.0805. The Morgan fingerprint density at radius 3 is 3.00 bits per heavy atom. The number of nitrogens with zero attached hydrogens (tertiary/aromatic N) is 2. The maximum absolute atomic E-state index is 6.04. The summed E-state index contributed by atoms with van der Waals surface area (Å²) in [7, 11) is 0. The van der Waals surface area contributed by atoms with Crippen molar-refractivity contribution in [1.29, 1.82) is 0 Å². The van der Waals surface area contributed by atoms with Crippen molar-refractivity contribution in [3.63, 3.8) is 0 Å². The van der Waals surface area contributed by atoms with E-state index in [9.17, 15) is 0 Å². The number of aromatic nitrogens is 2. The molecule has 0 radical (unpaired) electrons. The zero-order valence-corrected chi connectivity index (χ0v) is 14.6. The highest BCUT2D eigenvalue weighted by Gasteiger charge is 2.36. The summed E-state index contributed by atoms with van der Waals surface area (Å²) < 4.78 is 14.0. The van der Waals surface area contributed by atoms with Crippen molar-refractivity contribution < 1.29 is 9.15 Å². The Morgan fingerprint density at radius 1 is 1.38 bits per heavy atom. The molecule has 1 aliphatic heterocycles. The molecule has 2 fully saturated rings. The first-order valence-electron chi connectivity index (χ1n) is 9.20. The van der Waals surface area contributed by atoms with Gasteiger partial charge in [0.05, 0.1) is 12.7 Å². The number of rotatable bonds is 6. The lowest BCUT2D eigenvalue weighted by molar-refractivity contribution is -0.0116. The molecule has 130 valence electrons. The van der Waals surface area contributed by atoms with Crippen LogP contribution in [0.3, 0.4) is 0 Å². The van der Waals surface area contributed by atoms with Gasteiger partial charge in [0.1, 0.15) is 17.6 Å². The minimum Gasteiger partial charge on any atom is -0.464 e. The highest BCUT2D eigenvalue weighted by atomic mass is 16.5. The second-order valence-corrected chi connectivity index (χ2v) is 7.17. The van der Waals surface area contributed by atoms with E-state index in [0.717, 1.165) is 50.0 Å². The summed E-state index contributed by atoms with van der Waals surface area (Å²) in [5.74, 6) is 3.60. The van der Waals surface area contributed by atoms with Gasteiger partial charge in [-0.15, -0.1) is 0 Å². The first kappa shape index (κ1) is 15.9. The van der Waals surface area contributed by atoms with Crippen LogP contribution >= 0.6 is 0 Å². The van der Waals surface area contributed by atoms with E-state index < -0.39 is 0 Å². The lowest BCUT2D eigenvalue weighted by Crippen LogP contribution is -2.38. The lowest BCUT2D eigenvalue weighted by atomic mass is 9.98. The third-order valence-electron chi connectivity index (χ3n) is 5.32. The largest absolute Gasteiger partial charge is 0.464 e. The maximum atomic E-state index is 6.04. The quantitative estimate of drug-likeness (QED) is 0.879. The van der Waals surface area contributed by atoms with Crippen LogP contribution < -0.4 is 5.32 Å². The molecule has 4 atom stereocenters. The molecular formula is C19H27N3O2. The molecule has 0 amide bonds. The highest BCUT2D eigenvalue weighted by Crippen LogP contribution is 2.47. The van der Waals surface area contributed by atoms with Gasteiger partial charge >= 0.3 is 0 Å². The number of aryl methyl sites for hydroxylation is 1. The van der Waals surface area contributed by atoms with Gasteiger partial charge in [0, 0.05) is 36.9 Å². The van der Waals surface area contributed by atoms with Crippen LogP contribution in [0.4, 0.5) is 0 Å². The normalized spacial score (nSPS) is 29.8. The van der Waals surface area contributed by atoms with E-state index in [1.54, 1.807) is 0 Å². The van der Waals surface area contributed by atoms with Crippen LogP contribution in [-0.4, -0.2) is 22.4 Å². The topological polar surface area (TPSA) is 52.2 Å². The van der Waals surface area contributed by atoms with E-state index in [1.165, 1.54) is 12.0 Å². The maximum Gasteiger partial charge on any atom is 0.117 e. The summed E-state index contributed by atoms with van der Waals surface area (Å²) >= 11 is 0. The molecule has 24 heavy (non-hydrogen) atoms. The van der Waals surface area contributed by atoms with E-state index in [2.05, 4.69) is 42.6 Å². The summed E-state index contributed by atoms with van der Waals surface area (Å²) in [5, 5.41) is 8.03. The minimum atomic E-state index is 0.0805. The smallest absolute Gasteiger partial charge is 0.117 e. The van der Waals surface area contributed by atoms with Gasteiger partial charge in [-0.25, -0.2) is 0 Å². The zero-order chi connectivity index (χ0) is 16.5. The van der Waals surface area contributed by atoms with Crippen molar-refractivity contribution in [2.45, 2.75) is 64.3 Å². The molecule has 3 heterocycles. The van der Waals surface area contributed by atoms with Gasteiger partial charge in [0.25, 0.3) is 0 Å². The van der Waals surface area contributed by atoms with E-state index >= 15 is 0 Å². The average Bonchev–Trinajstić information content (AvgIpc) is 3.05. The summed E-state index contributed by atoms with van der Waals surface area (Å²) in [5.41, 5.74) is 1.17. The average molecular weight is 329 g/mol. The van der Waals surface area contributed by atoms with Gasteiger partial charge in [-0.05, 0) is 44.2 Å². The molecular weight excluding hydrogens is 302 g/mol. The van der Waals surface area contributed by atoms with Gasteiger partial charge in [0.15, 0.2) is 0 Å². The van der Waals surface area contributed by atoms with Crippen molar-refractivity contribution in [2.24, 2.45) is 5.92 Å². The Balaban J connectivity index is 1.39. The molecule has 2 aromatic rings. The lowest BCUT2D eigenvalue weighted by Gasteiger charge is -2.31. The number of furan rings is 1. The fourth-order valence-electron chi connectivity index (χ4n) is 3.66. The molecule has 0 spiro atoms. The molecule has 1 aliphatic carbocycles. The van der Waals surface area contributed by atoms with Crippen LogP contribution in [0.1, 0.15) is 62.2 Å². The third-order valence-corrected chi connectivity index (χ3v) is 5.32. The van der Waals surface area contributed by atoms with Gasteiger partial charge in [-0.2, -0.15) is 5.10 Å². The summed E-state index contributed by atoms with van der Waals surface area (Å²) in [6.07, 6.45) is 7.60. The predicted octanol–water partition coefficient (Wildman–Crippen LogP) is 3.63. The van der Waals surface area contributed by atoms with E-state index in [-0.39, 0.29) is 6.10 Å². The van der Waals surface area contributed by atoms with Crippen LogP contribution in [0.5, 0.6) is 0 Å². The number of nitrogens with one attached hydrogen (secondary N) is 1. The first-order chi connectivity index (χ1) is 11.7. The molecule has 0 aromatic carbocycles. The molecule has 0 unspecified atom stereocenters. The molecule has 1 saturated carbocycles. The molecule has 1 N–H and O–H groups in total. The van der Waals surface area contributed by atoms with Crippen molar-refractivity contribution in [1.82, 2.24) is 15.1 Å². The molecule has 2 aliphatic rings. The van der Waals surface area contributed by atoms with Crippen molar-refractivity contribution >= 4 is 0 Å². The first-order valence-corrected chi connectivity index (χ1v) is 9.20. The van der Waals surface area contributed by atoms with Gasteiger partial charge in [-0.1, -0.05) is 6.92 Å². The Hall–Kier alpha value is -1.59. The Morgan fingerprint density at radius 2 is 2.25 bits per heavy atom. The van der Waals surface area contributed by atoms with Crippen LogP contribution in [0.15, 0.2) is 28.9 Å². The fraction of sp³-hybridized carbons (Fsp3) is 0.632. The van der Waals surface area contributed by atoms with Crippen LogP contribution in [-0.2, 0) is 17.8 Å². The van der Waals surface area contributed by atoms with Crippen molar-refractivity contribution in [3.8, 4) is 0 Å². The van der Waals surface area contributed by atoms with E-state index in [0.29, 0.717) is 12.0 Å². The SMILES string of the molecule is CCn1cc([C@H]2OCCC[C@@H]2NCc2ccc([C@H]3C[C@H]3C)o2)cn1. The standard InChI is InChI=1S/C19H27N3O2/c1-3-22-12-14(10-21-22)19-17(5-4-8-23-19)20-11-15-6-7-18(24-15)16-9-13(16)2/h6-7,10,12-13,16-17,19-20H,3-5,8-9,11H2,1-2H3/t13-,16+,17+,19-/m1/s1. The number of hydrogen-bond acceptors (Lipinski definition) is 4. The second-order valence-electron chi connectivity index (χ2n) is 7.17. The Kier molecular flexibility index (Phi) is 4.46. The monoisotopic (exact) mass is 329 g/mol. The molecule has 0 bridgehead atoms. The Labute approximate surface area is 143 Å². The molecule has 4 rings (SSSR count). The second kappa shape index (κ2) is 6.73. The summed E-state index contributed by atoms with van der Waals surface area (Å²) in [4.78, 5) is 0. The van der Waals surface area contributed by atoms with Crippen LogP contribution in [0.25, 0.3) is 0 Å². The number of hydrogen-bond donors (Lipinski definition) is 1.